The molecule has 0 amide bonds. The predicted octanol–water partition coefficient (Wildman–Crippen LogP) is 1.70. The summed E-state index contributed by atoms with van der Waals surface area (Å²) in [5.41, 5.74) is 1.27. The summed E-state index contributed by atoms with van der Waals surface area (Å²) < 4.78 is 6.68. The SMILES string of the molecule is CCn1nnc2c(NCc3c(O)cc(OC)cc3O)nc(N[C@@H](CO)C(C)C)nc21. The quantitative estimate of drug-likeness (QED) is 0.348. The number of aliphatic hydroxyl groups is 1. The monoisotopic (exact) mass is 417 g/mol. The summed E-state index contributed by atoms with van der Waals surface area (Å²) in [5.74, 6) is 0.989. The van der Waals surface area contributed by atoms with E-state index >= 15 is 0 Å². The Morgan fingerprint density at radius 1 is 1.17 bits per heavy atom. The van der Waals surface area contributed by atoms with E-state index in [-0.39, 0.29) is 42.2 Å². The van der Waals surface area contributed by atoms with Gasteiger partial charge in [0.05, 0.1) is 25.3 Å². The van der Waals surface area contributed by atoms with E-state index in [0.29, 0.717) is 35.2 Å². The molecule has 0 radical (unpaired) electrons. The van der Waals surface area contributed by atoms with Gasteiger partial charge in [-0.05, 0) is 12.8 Å². The van der Waals surface area contributed by atoms with Crippen LogP contribution in [0.4, 0.5) is 11.8 Å². The summed E-state index contributed by atoms with van der Waals surface area (Å²) in [5, 5.41) is 44.5. The van der Waals surface area contributed by atoms with Gasteiger partial charge >= 0.3 is 0 Å². The Bertz CT molecular complexity index is 999. The summed E-state index contributed by atoms with van der Waals surface area (Å²) in [6, 6.07) is 2.61. The highest BCUT2D eigenvalue weighted by Gasteiger charge is 2.19. The number of ether oxygens (including phenoxy) is 1. The molecule has 3 aromatic rings. The molecule has 0 spiro atoms. The predicted molar refractivity (Wildman–Crippen MR) is 112 cm³/mol. The molecular weight excluding hydrogens is 390 g/mol. The number of anilines is 2. The fraction of sp³-hybridized carbons (Fsp3) is 0.474. The maximum absolute atomic E-state index is 10.2. The van der Waals surface area contributed by atoms with Crippen molar-refractivity contribution >= 4 is 22.9 Å². The Morgan fingerprint density at radius 2 is 1.87 bits per heavy atom. The second-order valence-corrected chi connectivity index (χ2v) is 7.15. The molecule has 2 heterocycles. The van der Waals surface area contributed by atoms with Crippen LogP contribution in [0.5, 0.6) is 17.2 Å². The molecule has 0 aliphatic rings. The van der Waals surface area contributed by atoms with E-state index in [2.05, 4.69) is 30.9 Å². The van der Waals surface area contributed by atoms with Crippen molar-refractivity contribution in [3.05, 3.63) is 17.7 Å². The molecule has 0 fully saturated rings. The smallest absolute Gasteiger partial charge is 0.227 e. The molecule has 11 heteroatoms. The lowest BCUT2D eigenvalue weighted by molar-refractivity contribution is 0.248. The number of hydrogen-bond acceptors (Lipinski definition) is 10. The molecule has 1 atom stereocenters. The summed E-state index contributed by atoms with van der Waals surface area (Å²) in [6.07, 6.45) is 0. The Hall–Kier alpha value is -3.34. The van der Waals surface area contributed by atoms with Gasteiger partial charge in [0, 0.05) is 25.2 Å². The number of phenolic OH excluding ortho intramolecular Hbond substituents is 2. The highest BCUT2D eigenvalue weighted by Crippen LogP contribution is 2.33. The molecule has 0 unspecified atom stereocenters. The number of rotatable bonds is 9. The number of aromatic hydroxyl groups is 2. The number of nitrogens with zero attached hydrogens (tertiary/aromatic N) is 5. The summed E-state index contributed by atoms with van der Waals surface area (Å²) in [7, 11) is 1.45. The van der Waals surface area contributed by atoms with E-state index in [1.165, 1.54) is 19.2 Å². The number of phenols is 2. The molecule has 3 rings (SSSR count). The number of benzene rings is 1. The first-order valence-electron chi connectivity index (χ1n) is 9.69. The van der Waals surface area contributed by atoms with Gasteiger partial charge in [-0.15, -0.1) is 5.10 Å². The van der Waals surface area contributed by atoms with Crippen molar-refractivity contribution in [1.82, 2.24) is 25.0 Å². The molecule has 30 heavy (non-hydrogen) atoms. The largest absolute Gasteiger partial charge is 0.507 e. The summed E-state index contributed by atoms with van der Waals surface area (Å²) >= 11 is 0. The van der Waals surface area contributed by atoms with E-state index in [1.54, 1.807) is 4.68 Å². The zero-order chi connectivity index (χ0) is 21.8. The molecule has 2 aromatic heterocycles. The summed E-state index contributed by atoms with van der Waals surface area (Å²) in [4.78, 5) is 8.98. The Labute approximate surface area is 173 Å². The minimum atomic E-state index is -0.226. The van der Waals surface area contributed by atoms with E-state index in [1.807, 2.05) is 20.8 Å². The van der Waals surface area contributed by atoms with Gasteiger partial charge in [0.25, 0.3) is 0 Å². The van der Waals surface area contributed by atoms with Crippen molar-refractivity contribution < 1.29 is 20.1 Å². The number of nitrogens with one attached hydrogen (secondary N) is 2. The maximum Gasteiger partial charge on any atom is 0.227 e. The fourth-order valence-corrected chi connectivity index (χ4v) is 2.93. The van der Waals surface area contributed by atoms with Gasteiger partial charge in [-0.25, -0.2) is 4.68 Å². The number of hydrogen-bond donors (Lipinski definition) is 5. The maximum atomic E-state index is 10.2. The van der Waals surface area contributed by atoms with Gasteiger partial charge in [-0.3, -0.25) is 0 Å². The number of aromatic nitrogens is 5. The van der Waals surface area contributed by atoms with Gasteiger partial charge in [0.1, 0.15) is 17.2 Å². The third kappa shape index (κ3) is 4.30. The van der Waals surface area contributed by atoms with Gasteiger partial charge in [0.15, 0.2) is 17.0 Å². The lowest BCUT2D eigenvalue weighted by Crippen LogP contribution is -2.30. The molecule has 0 saturated heterocycles. The molecule has 162 valence electrons. The van der Waals surface area contributed by atoms with Crippen LogP contribution in [-0.2, 0) is 13.1 Å². The van der Waals surface area contributed by atoms with Crippen molar-refractivity contribution in [1.29, 1.82) is 0 Å². The van der Waals surface area contributed by atoms with Crippen LogP contribution in [0.15, 0.2) is 12.1 Å². The Kier molecular flexibility index (Phi) is 6.40. The van der Waals surface area contributed by atoms with E-state index < -0.39 is 0 Å². The molecule has 0 aliphatic heterocycles. The minimum Gasteiger partial charge on any atom is -0.507 e. The zero-order valence-electron chi connectivity index (χ0n) is 17.4. The molecule has 0 aliphatic carbocycles. The van der Waals surface area contributed by atoms with E-state index in [4.69, 9.17) is 4.74 Å². The number of methoxy groups -OCH3 is 1. The number of aliphatic hydroxyl groups excluding tert-OH is 1. The van der Waals surface area contributed by atoms with Crippen molar-refractivity contribution in [2.45, 2.75) is 39.9 Å². The van der Waals surface area contributed by atoms with Crippen LogP contribution in [0.3, 0.4) is 0 Å². The van der Waals surface area contributed by atoms with Crippen LogP contribution in [0.2, 0.25) is 0 Å². The molecular formula is C19H27N7O4. The van der Waals surface area contributed by atoms with Crippen molar-refractivity contribution in [3.8, 4) is 17.2 Å². The highest BCUT2D eigenvalue weighted by molar-refractivity contribution is 5.83. The molecule has 5 N–H and O–H groups in total. The van der Waals surface area contributed by atoms with E-state index in [9.17, 15) is 15.3 Å². The first kappa shape index (κ1) is 21.4. The normalized spacial score (nSPS) is 12.3. The van der Waals surface area contributed by atoms with Crippen molar-refractivity contribution in [3.63, 3.8) is 0 Å². The third-order valence-corrected chi connectivity index (χ3v) is 4.82. The van der Waals surface area contributed by atoms with Gasteiger partial charge in [-0.1, -0.05) is 19.1 Å². The molecule has 0 bridgehead atoms. The second-order valence-electron chi connectivity index (χ2n) is 7.15. The van der Waals surface area contributed by atoms with Crippen LogP contribution in [-0.4, -0.2) is 60.0 Å². The average molecular weight is 417 g/mol. The molecule has 0 saturated carbocycles. The fourth-order valence-electron chi connectivity index (χ4n) is 2.93. The average Bonchev–Trinajstić information content (AvgIpc) is 3.13. The standard InChI is InChI=1S/C19H27N7O4/c1-5-26-18-16(24-25-26)17(22-19(23-18)21-13(9-27)10(2)3)20-8-12-14(28)6-11(30-4)7-15(12)29/h6-7,10,13,27-29H,5,8-9H2,1-4H3,(H2,20,21,22,23)/t13-/m0/s1. The van der Waals surface area contributed by atoms with Gasteiger partial charge in [-0.2, -0.15) is 9.97 Å². The van der Waals surface area contributed by atoms with E-state index in [0.717, 1.165) is 0 Å². The van der Waals surface area contributed by atoms with Crippen LogP contribution < -0.4 is 15.4 Å². The summed E-state index contributed by atoms with van der Waals surface area (Å²) in [6.45, 7) is 6.48. The van der Waals surface area contributed by atoms with Crippen LogP contribution in [0.25, 0.3) is 11.2 Å². The minimum absolute atomic E-state index is 0.0687. The first-order chi connectivity index (χ1) is 14.4. The van der Waals surface area contributed by atoms with Crippen molar-refractivity contribution in [2.24, 2.45) is 5.92 Å². The first-order valence-corrected chi connectivity index (χ1v) is 9.69. The Balaban J connectivity index is 1.95. The highest BCUT2D eigenvalue weighted by atomic mass is 16.5. The third-order valence-electron chi connectivity index (χ3n) is 4.82. The van der Waals surface area contributed by atoms with Crippen LogP contribution >= 0.6 is 0 Å². The van der Waals surface area contributed by atoms with Gasteiger partial charge in [0.2, 0.25) is 5.95 Å². The van der Waals surface area contributed by atoms with Crippen molar-refractivity contribution in [2.75, 3.05) is 24.4 Å². The lowest BCUT2D eigenvalue weighted by atomic mass is 10.1. The number of fused-ring (bicyclic) bond motifs is 1. The second kappa shape index (κ2) is 8.99. The van der Waals surface area contributed by atoms with Crippen LogP contribution in [0.1, 0.15) is 26.3 Å². The topological polar surface area (TPSA) is 150 Å². The molecule has 11 nitrogen and oxygen atoms in total. The molecule has 1 aromatic carbocycles. The number of aryl methyl sites for hydroxylation is 1. The Morgan fingerprint density at radius 3 is 2.43 bits per heavy atom. The van der Waals surface area contributed by atoms with Crippen LogP contribution in [0, 0.1) is 5.92 Å². The van der Waals surface area contributed by atoms with Gasteiger partial charge < -0.3 is 30.7 Å². The zero-order valence-corrected chi connectivity index (χ0v) is 17.4. The lowest BCUT2D eigenvalue weighted by Gasteiger charge is -2.20.